The van der Waals surface area contributed by atoms with Gasteiger partial charge in [0.05, 0.1) is 11.3 Å². The smallest absolute Gasteiger partial charge is 0.248 e. The molecule has 0 atom stereocenters. The second kappa shape index (κ2) is 8.33. The molecule has 0 spiro atoms. The van der Waals surface area contributed by atoms with E-state index in [4.69, 9.17) is 0 Å². The third-order valence-corrected chi connectivity index (χ3v) is 3.92. The van der Waals surface area contributed by atoms with Gasteiger partial charge in [-0.3, -0.25) is 9.59 Å². The van der Waals surface area contributed by atoms with Crippen molar-refractivity contribution in [3.05, 3.63) is 65.2 Å². The standard InChI is InChI=1S/C22H23N3O2/c1-15(26)24-20-11-10-19(13-17(20)14-23)25-21(27)12-7-16-5-8-18(9-6-16)22(2,3)4/h5-13H,1-4H3,(H,24,26)(H,25,27)/b12-7+. The quantitative estimate of drug-likeness (QED) is 0.789. The first-order valence-electron chi connectivity index (χ1n) is 8.60. The molecule has 0 radical (unpaired) electrons. The van der Waals surface area contributed by atoms with E-state index in [1.165, 1.54) is 24.6 Å². The minimum atomic E-state index is -0.300. The number of benzene rings is 2. The lowest BCUT2D eigenvalue weighted by Gasteiger charge is -2.18. The van der Waals surface area contributed by atoms with Crippen LogP contribution in [-0.4, -0.2) is 11.8 Å². The van der Waals surface area contributed by atoms with Gasteiger partial charge in [0.2, 0.25) is 11.8 Å². The fourth-order valence-electron chi connectivity index (χ4n) is 2.46. The van der Waals surface area contributed by atoms with Crippen LogP contribution in [0.2, 0.25) is 0 Å². The molecule has 0 saturated heterocycles. The van der Waals surface area contributed by atoms with Gasteiger partial charge in [-0.2, -0.15) is 5.26 Å². The van der Waals surface area contributed by atoms with Crippen LogP contribution in [0.15, 0.2) is 48.5 Å². The summed E-state index contributed by atoms with van der Waals surface area (Å²) in [4.78, 5) is 23.3. The normalized spacial score (nSPS) is 11.1. The SMILES string of the molecule is CC(=O)Nc1ccc(NC(=O)/C=C/c2ccc(C(C)(C)C)cc2)cc1C#N. The number of carbonyl (C=O) groups is 2. The third kappa shape index (κ3) is 5.82. The Morgan fingerprint density at radius 2 is 1.70 bits per heavy atom. The second-order valence-electron chi connectivity index (χ2n) is 7.25. The number of hydrogen-bond acceptors (Lipinski definition) is 3. The zero-order valence-electron chi connectivity index (χ0n) is 16.0. The number of anilines is 2. The molecule has 0 unspecified atom stereocenters. The summed E-state index contributed by atoms with van der Waals surface area (Å²) >= 11 is 0. The Balaban J connectivity index is 2.06. The molecule has 5 heteroatoms. The maximum atomic E-state index is 12.1. The molecule has 0 aliphatic heterocycles. The van der Waals surface area contributed by atoms with E-state index in [9.17, 15) is 14.9 Å². The maximum absolute atomic E-state index is 12.1. The van der Waals surface area contributed by atoms with Gasteiger partial charge in [0.15, 0.2) is 0 Å². The van der Waals surface area contributed by atoms with Gasteiger partial charge in [0.25, 0.3) is 0 Å². The Morgan fingerprint density at radius 3 is 2.26 bits per heavy atom. The number of nitrogens with one attached hydrogen (secondary N) is 2. The van der Waals surface area contributed by atoms with Crippen LogP contribution in [0.1, 0.15) is 44.4 Å². The molecule has 0 heterocycles. The summed E-state index contributed by atoms with van der Waals surface area (Å²) in [7, 11) is 0. The van der Waals surface area contributed by atoms with Gasteiger partial charge >= 0.3 is 0 Å². The summed E-state index contributed by atoms with van der Waals surface area (Å²) in [5.74, 6) is -0.560. The van der Waals surface area contributed by atoms with E-state index in [0.717, 1.165) is 5.56 Å². The topological polar surface area (TPSA) is 82.0 Å². The Labute approximate surface area is 159 Å². The molecule has 138 valence electrons. The fraction of sp³-hybridized carbons (Fsp3) is 0.227. The molecule has 0 saturated carbocycles. The fourth-order valence-corrected chi connectivity index (χ4v) is 2.46. The highest BCUT2D eigenvalue weighted by molar-refractivity contribution is 6.02. The molecule has 2 amide bonds. The van der Waals surface area contributed by atoms with E-state index < -0.39 is 0 Å². The van der Waals surface area contributed by atoms with Gasteiger partial charge in [-0.05, 0) is 40.8 Å². The summed E-state index contributed by atoms with van der Waals surface area (Å²) in [5.41, 5.74) is 3.42. The Kier molecular flexibility index (Phi) is 6.15. The maximum Gasteiger partial charge on any atom is 0.248 e. The van der Waals surface area contributed by atoms with Crippen molar-refractivity contribution < 1.29 is 9.59 Å². The molecule has 0 aliphatic rings. The van der Waals surface area contributed by atoms with Crippen molar-refractivity contribution in [1.82, 2.24) is 0 Å². The predicted molar refractivity (Wildman–Crippen MR) is 108 cm³/mol. The van der Waals surface area contributed by atoms with Crippen molar-refractivity contribution in [2.24, 2.45) is 0 Å². The lowest BCUT2D eigenvalue weighted by Crippen LogP contribution is -2.10. The minimum Gasteiger partial charge on any atom is -0.325 e. The highest BCUT2D eigenvalue weighted by Crippen LogP contribution is 2.23. The van der Waals surface area contributed by atoms with Crippen LogP contribution in [0, 0.1) is 11.3 Å². The van der Waals surface area contributed by atoms with Gasteiger partial charge in [0, 0.05) is 18.7 Å². The van der Waals surface area contributed by atoms with Crippen molar-refractivity contribution in [3.63, 3.8) is 0 Å². The van der Waals surface area contributed by atoms with Crippen LogP contribution < -0.4 is 10.6 Å². The molecule has 2 aromatic rings. The summed E-state index contributed by atoms with van der Waals surface area (Å²) in [6, 6.07) is 14.8. The lowest BCUT2D eigenvalue weighted by molar-refractivity contribution is -0.114. The Hall–Kier alpha value is -3.39. The largest absolute Gasteiger partial charge is 0.325 e. The Bertz CT molecular complexity index is 914. The molecule has 2 N–H and O–H groups in total. The number of nitriles is 1. The third-order valence-electron chi connectivity index (χ3n) is 3.92. The molecule has 5 nitrogen and oxygen atoms in total. The van der Waals surface area contributed by atoms with Crippen LogP contribution in [0.3, 0.4) is 0 Å². The number of carbonyl (C=O) groups excluding carboxylic acids is 2. The first-order chi connectivity index (χ1) is 12.7. The van der Waals surface area contributed by atoms with Crippen molar-refractivity contribution in [3.8, 4) is 6.07 Å². The monoisotopic (exact) mass is 361 g/mol. The molecule has 27 heavy (non-hydrogen) atoms. The summed E-state index contributed by atoms with van der Waals surface area (Å²) in [6.45, 7) is 7.82. The average molecular weight is 361 g/mol. The van der Waals surface area contributed by atoms with Crippen LogP contribution in [0.4, 0.5) is 11.4 Å². The van der Waals surface area contributed by atoms with Crippen molar-refractivity contribution in [1.29, 1.82) is 5.26 Å². The average Bonchev–Trinajstić information content (AvgIpc) is 2.60. The predicted octanol–water partition coefficient (Wildman–Crippen LogP) is 4.47. The van der Waals surface area contributed by atoms with Crippen LogP contribution in [-0.2, 0) is 15.0 Å². The van der Waals surface area contributed by atoms with E-state index in [0.29, 0.717) is 11.4 Å². The van der Waals surface area contributed by atoms with Crippen molar-refractivity contribution in [2.75, 3.05) is 10.6 Å². The van der Waals surface area contributed by atoms with Gasteiger partial charge in [-0.1, -0.05) is 45.0 Å². The summed E-state index contributed by atoms with van der Waals surface area (Å²) in [5, 5.41) is 14.5. The molecule has 0 aromatic heterocycles. The van der Waals surface area contributed by atoms with Crippen molar-refractivity contribution in [2.45, 2.75) is 33.1 Å². The number of nitrogens with zero attached hydrogens (tertiary/aromatic N) is 1. The van der Waals surface area contributed by atoms with Gasteiger partial charge < -0.3 is 10.6 Å². The first-order valence-corrected chi connectivity index (χ1v) is 8.60. The van der Waals surface area contributed by atoms with E-state index in [-0.39, 0.29) is 22.8 Å². The van der Waals surface area contributed by atoms with E-state index in [2.05, 4.69) is 43.5 Å². The van der Waals surface area contributed by atoms with E-state index in [1.807, 2.05) is 18.2 Å². The number of amides is 2. The number of rotatable bonds is 4. The number of hydrogen-bond donors (Lipinski definition) is 2. The van der Waals surface area contributed by atoms with Gasteiger partial charge in [-0.15, -0.1) is 0 Å². The highest BCUT2D eigenvalue weighted by atomic mass is 16.2. The zero-order valence-corrected chi connectivity index (χ0v) is 16.0. The lowest BCUT2D eigenvalue weighted by atomic mass is 9.87. The highest BCUT2D eigenvalue weighted by Gasteiger charge is 2.12. The zero-order chi connectivity index (χ0) is 20.0. The second-order valence-corrected chi connectivity index (χ2v) is 7.25. The summed E-state index contributed by atoms with van der Waals surface area (Å²) in [6.07, 6.45) is 3.18. The molecule has 0 bridgehead atoms. The molecule has 2 rings (SSSR count). The van der Waals surface area contributed by atoms with E-state index in [1.54, 1.807) is 18.2 Å². The Morgan fingerprint density at radius 1 is 1.04 bits per heavy atom. The van der Waals surface area contributed by atoms with Gasteiger partial charge in [-0.25, -0.2) is 0 Å². The molecule has 0 aliphatic carbocycles. The van der Waals surface area contributed by atoms with Crippen LogP contribution in [0.25, 0.3) is 6.08 Å². The first kappa shape index (κ1) is 19.9. The minimum absolute atomic E-state index is 0.0848. The molecule has 0 fully saturated rings. The summed E-state index contributed by atoms with van der Waals surface area (Å²) < 4.78 is 0. The van der Waals surface area contributed by atoms with Crippen LogP contribution >= 0.6 is 0 Å². The van der Waals surface area contributed by atoms with Crippen LogP contribution in [0.5, 0.6) is 0 Å². The molecular weight excluding hydrogens is 338 g/mol. The molecule has 2 aromatic carbocycles. The van der Waals surface area contributed by atoms with Gasteiger partial charge in [0.1, 0.15) is 6.07 Å². The van der Waals surface area contributed by atoms with E-state index >= 15 is 0 Å². The molecular formula is C22H23N3O2. The van der Waals surface area contributed by atoms with Crippen molar-refractivity contribution >= 4 is 29.3 Å².